The standard InChI is InChI=1S/C12H9BrN2O2/c1-16-11-4-2-3-8-7-14-12(15(8)11)9-5-6-10(13)17-9/h2-7H,1H3. The molecule has 0 aliphatic heterocycles. The second kappa shape index (κ2) is 3.92. The molecule has 0 radical (unpaired) electrons. The van der Waals surface area contributed by atoms with Crippen LogP contribution in [0.3, 0.4) is 0 Å². The van der Waals surface area contributed by atoms with Gasteiger partial charge in [0, 0.05) is 0 Å². The largest absolute Gasteiger partial charge is 0.482 e. The van der Waals surface area contributed by atoms with Crippen molar-refractivity contribution in [1.29, 1.82) is 0 Å². The van der Waals surface area contributed by atoms with Crippen LogP contribution in [0.1, 0.15) is 0 Å². The molecule has 0 aliphatic carbocycles. The van der Waals surface area contributed by atoms with Crippen molar-refractivity contribution < 1.29 is 9.15 Å². The molecule has 3 aromatic rings. The first-order valence-electron chi connectivity index (χ1n) is 5.06. The van der Waals surface area contributed by atoms with Gasteiger partial charge in [-0.2, -0.15) is 0 Å². The highest BCUT2D eigenvalue weighted by atomic mass is 79.9. The van der Waals surface area contributed by atoms with Crippen molar-refractivity contribution in [1.82, 2.24) is 9.38 Å². The predicted molar refractivity (Wildman–Crippen MR) is 67.1 cm³/mol. The van der Waals surface area contributed by atoms with Gasteiger partial charge in [-0.1, -0.05) is 6.07 Å². The average Bonchev–Trinajstić information content (AvgIpc) is 2.94. The number of rotatable bonds is 2. The lowest BCUT2D eigenvalue weighted by atomic mass is 10.4. The molecule has 0 saturated carbocycles. The van der Waals surface area contributed by atoms with Gasteiger partial charge in [-0.3, -0.25) is 4.40 Å². The molecular weight excluding hydrogens is 284 g/mol. The fraction of sp³-hybridized carbons (Fsp3) is 0.0833. The molecule has 5 heteroatoms. The van der Waals surface area contributed by atoms with Crippen LogP contribution in [-0.2, 0) is 0 Å². The molecule has 0 spiro atoms. The first kappa shape index (κ1) is 10.4. The van der Waals surface area contributed by atoms with Gasteiger partial charge in [-0.05, 0) is 40.2 Å². The molecule has 3 rings (SSSR count). The van der Waals surface area contributed by atoms with Gasteiger partial charge in [-0.25, -0.2) is 4.98 Å². The van der Waals surface area contributed by atoms with Crippen LogP contribution in [0.25, 0.3) is 17.1 Å². The van der Waals surface area contributed by atoms with E-state index in [0.29, 0.717) is 10.4 Å². The minimum atomic E-state index is 0.680. The van der Waals surface area contributed by atoms with Crippen molar-refractivity contribution in [3.05, 3.63) is 41.2 Å². The van der Waals surface area contributed by atoms with Crippen LogP contribution in [0.2, 0.25) is 0 Å². The summed E-state index contributed by atoms with van der Waals surface area (Å²) in [4.78, 5) is 4.36. The van der Waals surface area contributed by atoms with Crippen LogP contribution >= 0.6 is 15.9 Å². The van der Waals surface area contributed by atoms with Gasteiger partial charge in [0.2, 0.25) is 0 Å². The van der Waals surface area contributed by atoms with E-state index in [1.165, 1.54) is 0 Å². The van der Waals surface area contributed by atoms with Crippen molar-refractivity contribution in [2.75, 3.05) is 7.11 Å². The third-order valence-corrected chi connectivity index (χ3v) is 2.94. The number of methoxy groups -OCH3 is 1. The molecule has 86 valence electrons. The number of furan rings is 1. The highest BCUT2D eigenvalue weighted by Gasteiger charge is 2.12. The van der Waals surface area contributed by atoms with Gasteiger partial charge in [0.05, 0.1) is 18.8 Å². The van der Waals surface area contributed by atoms with Gasteiger partial charge < -0.3 is 9.15 Å². The van der Waals surface area contributed by atoms with Gasteiger partial charge >= 0.3 is 0 Å². The summed E-state index contributed by atoms with van der Waals surface area (Å²) in [6, 6.07) is 9.49. The molecule has 3 aromatic heterocycles. The lowest BCUT2D eigenvalue weighted by Gasteiger charge is -2.05. The minimum Gasteiger partial charge on any atom is -0.482 e. The summed E-state index contributed by atoms with van der Waals surface area (Å²) in [5.41, 5.74) is 0.965. The maximum atomic E-state index is 5.51. The molecule has 3 heterocycles. The molecule has 4 nitrogen and oxygen atoms in total. The van der Waals surface area contributed by atoms with E-state index in [-0.39, 0.29) is 0 Å². The summed E-state index contributed by atoms with van der Waals surface area (Å²) >= 11 is 3.28. The molecular formula is C12H9BrN2O2. The Morgan fingerprint density at radius 1 is 1.29 bits per heavy atom. The zero-order valence-corrected chi connectivity index (χ0v) is 10.6. The highest BCUT2D eigenvalue weighted by molar-refractivity contribution is 9.10. The van der Waals surface area contributed by atoms with Crippen LogP contribution in [0.5, 0.6) is 5.88 Å². The molecule has 0 fully saturated rings. The first-order valence-corrected chi connectivity index (χ1v) is 5.85. The lowest BCUT2D eigenvalue weighted by molar-refractivity contribution is 0.392. The number of hydrogen-bond donors (Lipinski definition) is 0. The monoisotopic (exact) mass is 292 g/mol. The van der Waals surface area contributed by atoms with Crippen molar-refractivity contribution in [3.63, 3.8) is 0 Å². The summed E-state index contributed by atoms with van der Waals surface area (Å²) in [6.45, 7) is 0. The zero-order chi connectivity index (χ0) is 11.8. The topological polar surface area (TPSA) is 39.7 Å². The minimum absolute atomic E-state index is 0.680. The van der Waals surface area contributed by atoms with Crippen LogP contribution in [0.15, 0.2) is 45.6 Å². The lowest BCUT2D eigenvalue weighted by Crippen LogP contribution is -1.95. The number of imidazole rings is 1. The molecule has 0 aliphatic rings. The van der Waals surface area contributed by atoms with Gasteiger partial charge in [0.25, 0.3) is 0 Å². The maximum absolute atomic E-state index is 5.51. The molecule has 0 aromatic carbocycles. The number of nitrogens with zero attached hydrogens (tertiary/aromatic N) is 2. The van der Waals surface area contributed by atoms with Crippen LogP contribution < -0.4 is 4.74 Å². The van der Waals surface area contributed by atoms with Crippen LogP contribution in [-0.4, -0.2) is 16.5 Å². The van der Waals surface area contributed by atoms with Crippen LogP contribution in [0.4, 0.5) is 0 Å². The Hall–Kier alpha value is -1.75. The fourth-order valence-corrected chi connectivity index (χ4v) is 2.09. The third-order valence-electron chi connectivity index (χ3n) is 2.52. The SMILES string of the molecule is COc1cccc2cnc(-c3ccc(Br)o3)n12. The summed E-state index contributed by atoms with van der Waals surface area (Å²) in [7, 11) is 1.64. The van der Waals surface area contributed by atoms with Crippen molar-refractivity contribution in [3.8, 4) is 17.5 Å². The number of fused-ring (bicyclic) bond motifs is 1. The second-order valence-electron chi connectivity index (χ2n) is 3.51. The van der Waals surface area contributed by atoms with Gasteiger partial charge in [0.1, 0.15) is 0 Å². The summed E-state index contributed by atoms with van der Waals surface area (Å²) in [5.74, 6) is 2.15. The van der Waals surface area contributed by atoms with Crippen molar-refractivity contribution in [2.45, 2.75) is 0 Å². The van der Waals surface area contributed by atoms with E-state index in [4.69, 9.17) is 9.15 Å². The molecule has 0 amide bonds. The normalized spacial score (nSPS) is 10.9. The smallest absolute Gasteiger partial charge is 0.199 e. The quantitative estimate of drug-likeness (QED) is 0.727. The van der Waals surface area contributed by atoms with Crippen molar-refractivity contribution >= 4 is 21.4 Å². The number of aromatic nitrogens is 2. The summed E-state index contributed by atoms with van der Waals surface area (Å²) in [6.07, 6.45) is 1.79. The molecule has 0 bridgehead atoms. The molecule has 0 saturated heterocycles. The number of halogens is 1. The van der Waals surface area contributed by atoms with E-state index in [0.717, 1.165) is 17.2 Å². The summed E-state index contributed by atoms with van der Waals surface area (Å²) in [5, 5.41) is 0. The maximum Gasteiger partial charge on any atom is 0.199 e. The van der Waals surface area contributed by atoms with E-state index in [1.54, 1.807) is 13.3 Å². The zero-order valence-electron chi connectivity index (χ0n) is 9.05. The third kappa shape index (κ3) is 1.63. The molecule has 0 unspecified atom stereocenters. The van der Waals surface area contributed by atoms with E-state index in [9.17, 15) is 0 Å². The Labute approximate surface area is 106 Å². The Morgan fingerprint density at radius 2 is 2.18 bits per heavy atom. The Balaban J connectivity index is 2.30. The Bertz CT molecular complexity index is 672. The predicted octanol–water partition coefficient (Wildman–Crippen LogP) is 3.37. The number of ether oxygens (including phenoxy) is 1. The highest BCUT2D eigenvalue weighted by Crippen LogP contribution is 2.27. The number of hydrogen-bond acceptors (Lipinski definition) is 3. The van der Waals surface area contributed by atoms with Crippen molar-refractivity contribution in [2.24, 2.45) is 0 Å². The van der Waals surface area contributed by atoms with E-state index >= 15 is 0 Å². The first-order chi connectivity index (χ1) is 8.29. The van der Waals surface area contributed by atoms with Gasteiger partial charge in [0.15, 0.2) is 22.1 Å². The molecule has 0 atom stereocenters. The Kier molecular flexibility index (Phi) is 2.40. The van der Waals surface area contributed by atoms with E-state index in [2.05, 4.69) is 20.9 Å². The fourth-order valence-electron chi connectivity index (χ4n) is 1.79. The average molecular weight is 293 g/mol. The molecule has 17 heavy (non-hydrogen) atoms. The van der Waals surface area contributed by atoms with E-state index < -0.39 is 0 Å². The second-order valence-corrected chi connectivity index (χ2v) is 4.30. The molecule has 0 N–H and O–H groups in total. The van der Waals surface area contributed by atoms with Crippen LogP contribution in [0, 0.1) is 0 Å². The number of pyridine rings is 1. The van der Waals surface area contributed by atoms with Gasteiger partial charge in [-0.15, -0.1) is 0 Å². The van der Waals surface area contributed by atoms with E-state index in [1.807, 2.05) is 34.7 Å². The Morgan fingerprint density at radius 3 is 2.88 bits per heavy atom. The summed E-state index contributed by atoms with van der Waals surface area (Å²) < 4.78 is 13.4.